The molecule has 146 valence electrons. The van der Waals surface area contributed by atoms with E-state index in [9.17, 15) is 9.59 Å². The number of fused-ring (bicyclic) bond motifs is 2. The quantitative estimate of drug-likeness (QED) is 0.653. The van der Waals surface area contributed by atoms with Crippen molar-refractivity contribution in [2.45, 2.75) is 58.4 Å². The van der Waals surface area contributed by atoms with E-state index in [1.54, 1.807) is 0 Å². The highest BCUT2D eigenvalue weighted by molar-refractivity contribution is 7.18. The standard InChI is InChI=1S/C22H25N3O2S/c1-13-14(2)28-22-20(13)21(27)24-18(25-22)11-12-19(26)23-17-10-6-4-8-15-7-3-5-9-16(15)17/h3,5,7,9,17H,4,6,8,10-12H2,1-2H3,(H,23,26)(H,24,25,27)/t17-/m1/s1. The molecule has 1 aliphatic rings. The van der Waals surface area contributed by atoms with Gasteiger partial charge in [-0.25, -0.2) is 4.98 Å². The van der Waals surface area contributed by atoms with E-state index in [1.807, 2.05) is 19.9 Å². The molecule has 6 heteroatoms. The van der Waals surface area contributed by atoms with Crippen LogP contribution in [0.4, 0.5) is 0 Å². The van der Waals surface area contributed by atoms with Crippen molar-refractivity contribution in [3.63, 3.8) is 0 Å². The average Bonchev–Trinajstić information content (AvgIpc) is 2.85. The van der Waals surface area contributed by atoms with Crippen LogP contribution < -0.4 is 10.9 Å². The molecule has 1 atom stereocenters. The summed E-state index contributed by atoms with van der Waals surface area (Å²) in [5, 5.41) is 3.87. The monoisotopic (exact) mass is 395 g/mol. The highest BCUT2D eigenvalue weighted by atomic mass is 32.1. The summed E-state index contributed by atoms with van der Waals surface area (Å²) in [5.41, 5.74) is 3.46. The van der Waals surface area contributed by atoms with Gasteiger partial charge in [-0.15, -0.1) is 11.3 Å². The molecule has 28 heavy (non-hydrogen) atoms. The summed E-state index contributed by atoms with van der Waals surface area (Å²) in [6, 6.07) is 8.46. The molecule has 0 fully saturated rings. The van der Waals surface area contributed by atoms with Crippen LogP contribution in [0, 0.1) is 13.8 Å². The number of carbonyl (C=O) groups is 1. The van der Waals surface area contributed by atoms with Gasteiger partial charge in [0, 0.05) is 17.7 Å². The van der Waals surface area contributed by atoms with Crippen LogP contribution in [-0.4, -0.2) is 15.9 Å². The Hall–Kier alpha value is -2.47. The minimum atomic E-state index is -0.111. The molecule has 2 aromatic heterocycles. The number of amides is 1. The topological polar surface area (TPSA) is 74.8 Å². The van der Waals surface area contributed by atoms with Gasteiger partial charge in [-0.1, -0.05) is 30.7 Å². The Balaban J connectivity index is 1.45. The Bertz CT molecular complexity index is 1080. The van der Waals surface area contributed by atoms with Gasteiger partial charge in [-0.2, -0.15) is 0 Å². The number of benzene rings is 1. The molecular formula is C22H25N3O2S. The molecule has 0 radical (unpaired) electrons. The maximum absolute atomic E-state index is 12.6. The molecule has 0 saturated carbocycles. The molecule has 0 bridgehead atoms. The lowest BCUT2D eigenvalue weighted by atomic mass is 9.99. The van der Waals surface area contributed by atoms with Crippen molar-refractivity contribution in [1.82, 2.24) is 15.3 Å². The first-order valence-corrected chi connectivity index (χ1v) is 10.7. The average molecular weight is 396 g/mol. The Morgan fingerprint density at radius 3 is 2.96 bits per heavy atom. The lowest BCUT2D eigenvalue weighted by molar-refractivity contribution is -0.121. The minimum Gasteiger partial charge on any atom is -0.349 e. The van der Waals surface area contributed by atoms with Crippen LogP contribution in [0.15, 0.2) is 29.1 Å². The number of thiophene rings is 1. The van der Waals surface area contributed by atoms with Gasteiger partial charge in [0.2, 0.25) is 5.91 Å². The third-order valence-corrected chi connectivity index (χ3v) is 6.73. The summed E-state index contributed by atoms with van der Waals surface area (Å²) in [6.07, 6.45) is 5.07. The number of aromatic nitrogens is 2. The van der Waals surface area contributed by atoms with Gasteiger partial charge in [0.25, 0.3) is 5.56 Å². The molecule has 0 unspecified atom stereocenters. The van der Waals surface area contributed by atoms with Crippen LogP contribution in [0.2, 0.25) is 0 Å². The number of carbonyl (C=O) groups excluding carboxylic acids is 1. The lowest BCUT2D eigenvalue weighted by Crippen LogP contribution is -2.29. The Morgan fingerprint density at radius 2 is 2.11 bits per heavy atom. The first-order valence-electron chi connectivity index (χ1n) is 9.89. The zero-order chi connectivity index (χ0) is 19.7. The zero-order valence-corrected chi connectivity index (χ0v) is 17.1. The first kappa shape index (κ1) is 18.9. The number of hydrogen-bond donors (Lipinski definition) is 2. The second kappa shape index (κ2) is 7.87. The van der Waals surface area contributed by atoms with Crippen molar-refractivity contribution in [3.8, 4) is 0 Å². The molecule has 2 N–H and O–H groups in total. The third-order valence-electron chi connectivity index (χ3n) is 5.63. The highest BCUT2D eigenvalue weighted by Gasteiger charge is 2.20. The lowest BCUT2D eigenvalue weighted by Gasteiger charge is -2.19. The summed E-state index contributed by atoms with van der Waals surface area (Å²) in [7, 11) is 0. The maximum Gasteiger partial charge on any atom is 0.259 e. The SMILES string of the molecule is Cc1sc2nc(CCC(=O)N[C@@H]3CCCCc4ccccc43)[nH]c(=O)c2c1C. The fourth-order valence-corrected chi connectivity index (χ4v) is 5.04. The molecule has 1 aliphatic carbocycles. The van der Waals surface area contributed by atoms with E-state index in [0.717, 1.165) is 41.0 Å². The Kier molecular flexibility index (Phi) is 5.31. The van der Waals surface area contributed by atoms with Gasteiger partial charge in [-0.05, 0) is 49.8 Å². The molecule has 0 aliphatic heterocycles. The van der Waals surface area contributed by atoms with E-state index in [1.165, 1.54) is 22.5 Å². The van der Waals surface area contributed by atoms with Crippen LogP contribution in [-0.2, 0) is 17.6 Å². The molecule has 1 aromatic carbocycles. The van der Waals surface area contributed by atoms with E-state index in [-0.39, 0.29) is 17.5 Å². The molecule has 3 aromatic rings. The van der Waals surface area contributed by atoms with Gasteiger partial charge >= 0.3 is 0 Å². The predicted molar refractivity (Wildman–Crippen MR) is 113 cm³/mol. The fraction of sp³-hybridized carbons (Fsp3) is 0.409. The molecule has 4 rings (SSSR count). The first-order chi connectivity index (χ1) is 13.5. The number of H-pyrrole nitrogens is 1. The molecule has 2 heterocycles. The van der Waals surface area contributed by atoms with E-state index in [2.05, 4.69) is 33.5 Å². The summed E-state index contributed by atoms with van der Waals surface area (Å²) in [5.74, 6) is 0.582. The minimum absolute atomic E-state index is 0.00277. The van der Waals surface area contributed by atoms with Gasteiger partial charge in [0.05, 0.1) is 11.4 Å². The molecular weight excluding hydrogens is 370 g/mol. The van der Waals surface area contributed by atoms with Crippen LogP contribution in [0.5, 0.6) is 0 Å². The highest BCUT2D eigenvalue weighted by Crippen LogP contribution is 2.29. The summed E-state index contributed by atoms with van der Waals surface area (Å²) in [6.45, 7) is 3.95. The van der Waals surface area contributed by atoms with Crippen molar-refractivity contribution in [3.05, 3.63) is 62.0 Å². The van der Waals surface area contributed by atoms with Gasteiger partial charge in [0.1, 0.15) is 10.7 Å². The van der Waals surface area contributed by atoms with Crippen LogP contribution in [0.1, 0.15) is 59.1 Å². The number of aromatic amines is 1. The number of hydrogen-bond acceptors (Lipinski definition) is 4. The van der Waals surface area contributed by atoms with Crippen LogP contribution >= 0.6 is 11.3 Å². The van der Waals surface area contributed by atoms with Crippen molar-refractivity contribution in [2.75, 3.05) is 0 Å². The van der Waals surface area contributed by atoms with Crippen molar-refractivity contribution in [1.29, 1.82) is 0 Å². The predicted octanol–water partition coefficient (Wildman–Crippen LogP) is 4.12. The number of aryl methyl sites for hydroxylation is 4. The van der Waals surface area contributed by atoms with Crippen LogP contribution in [0.25, 0.3) is 10.2 Å². The van der Waals surface area contributed by atoms with E-state index in [4.69, 9.17) is 0 Å². The Morgan fingerprint density at radius 1 is 1.29 bits per heavy atom. The van der Waals surface area contributed by atoms with Crippen molar-refractivity contribution < 1.29 is 4.79 Å². The van der Waals surface area contributed by atoms with Gasteiger partial charge < -0.3 is 10.3 Å². The largest absolute Gasteiger partial charge is 0.349 e. The third kappa shape index (κ3) is 3.74. The normalized spacial score (nSPS) is 16.6. The van der Waals surface area contributed by atoms with E-state index < -0.39 is 0 Å². The molecule has 0 spiro atoms. The molecule has 0 saturated heterocycles. The van der Waals surface area contributed by atoms with Gasteiger partial charge in [-0.3, -0.25) is 9.59 Å². The molecule has 1 amide bonds. The second-order valence-corrected chi connectivity index (χ2v) is 8.74. The Labute approximate surface area is 168 Å². The summed E-state index contributed by atoms with van der Waals surface area (Å²) < 4.78 is 0. The summed E-state index contributed by atoms with van der Waals surface area (Å²) in [4.78, 5) is 34.2. The second-order valence-electron chi connectivity index (χ2n) is 7.54. The van der Waals surface area contributed by atoms with Crippen LogP contribution in [0.3, 0.4) is 0 Å². The van der Waals surface area contributed by atoms with Gasteiger partial charge in [0.15, 0.2) is 0 Å². The maximum atomic E-state index is 12.6. The fourth-order valence-electron chi connectivity index (χ4n) is 3.99. The number of nitrogens with one attached hydrogen (secondary N) is 2. The van der Waals surface area contributed by atoms with Crippen molar-refractivity contribution in [2.24, 2.45) is 0 Å². The number of nitrogens with zero attached hydrogens (tertiary/aromatic N) is 1. The molecule has 5 nitrogen and oxygen atoms in total. The zero-order valence-electron chi connectivity index (χ0n) is 16.3. The smallest absolute Gasteiger partial charge is 0.259 e. The summed E-state index contributed by atoms with van der Waals surface area (Å²) >= 11 is 1.53. The van der Waals surface area contributed by atoms with E-state index >= 15 is 0 Å². The number of rotatable bonds is 4. The van der Waals surface area contributed by atoms with Crippen molar-refractivity contribution >= 4 is 27.5 Å². The van der Waals surface area contributed by atoms with E-state index in [0.29, 0.717) is 24.1 Å².